The van der Waals surface area contributed by atoms with Crippen LogP contribution in [-0.4, -0.2) is 35.2 Å². The van der Waals surface area contributed by atoms with Gasteiger partial charge in [0.05, 0.1) is 0 Å². The van der Waals surface area contributed by atoms with E-state index in [-0.39, 0.29) is 19.1 Å². The molecule has 3 aromatic rings. The van der Waals surface area contributed by atoms with Crippen molar-refractivity contribution in [1.82, 2.24) is 10.6 Å². The Bertz CT molecular complexity index is 1190. The fourth-order valence-electron chi connectivity index (χ4n) is 4.01. The fraction of sp³-hybridized carbons (Fsp3) is 0.222. The first-order chi connectivity index (χ1) is 16.3. The molecule has 1 aliphatic carbocycles. The van der Waals surface area contributed by atoms with Crippen molar-refractivity contribution in [3.63, 3.8) is 0 Å². The van der Waals surface area contributed by atoms with Gasteiger partial charge in [-0.3, -0.25) is 4.79 Å². The Hall–Kier alpha value is -4.13. The molecule has 34 heavy (non-hydrogen) atoms. The van der Waals surface area contributed by atoms with E-state index in [0.717, 1.165) is 16.7 Å². The zero-order valence-corrected chi connectivity index (χ0v) is 19.0. The summed E-state index contributed by atoms with van der Waals surface area (Å²) in [5.41, 5.74) is 4.38. The number of aliphatic carboxylic acids is 1. The molecule has 0 saturated heterocycles. The number of fused-ring (bicyclic) bond motifs is 3. The van der Waals surface area contributed by atoms with Crippen LogP contribution in [0.15, 0.2) is 72.8 Å². The van der Waals surface area contributed by atoms with Gasteiger partial charge < -0.3 is 20.5 Å². The lowest BCUT2D eigenvalue weighted by molar-refractivity contribution is -0.143. The van der Waals surface area contributed by atoms with Gasteiger partial charge >= 0.3 is 12.1 Å². The van der Waals surface area contributed by atoms with E-state index in [4.69, 9.17) is 9.84 Å². The predicted molar refractivity (Wildman–Crippen MR) is 128 cm³/mol. The van der Waals surface area contributed by atoms with E-state index >= 15 is 0 Å². The van der Waals surface area contributed by atoms with Crippen molar-refractivity contribution in [3.8, 4) is 11.1 Å². The number of amides is 2. The number of hydrogen-bond donors (Lipinski definition) is 3. The van der Waals surface area contributed by atoms with E-state index in [1.165, 1.54) is 25.0 Å². The number of carboxylic acids is 1. The minimum atomic E-state index is -1.37. The van der Waals surface area contributed by atoms with Crippen LogP contribution in [0.3, 0.4) is 0 Å². The summed E-state index contributed by atoms with van der Waals surface area (Å²) in [4.78, 5) is 35.8. The molecule has 7 heteroatoms. The average Bonchev–Trinajstić information content (AvgIpc) is 3.15. The Balaban J connectivity index is 1.31. The molecule has 0 unspecified atom stereocenters. The number of rotatable bonds is 7. The van der Waals surface area contributed by atoms with Gasteiger partial charge in [-0.05, 0) is 53.8 Å². The number of alkyl carbamates (subject to hydrolysis) is 1. The zero-order chi connectivity index (χ0) is 24.3. The summed E-state index contributed by atoms with van der Waals surface area (Å²) in [6.45, 7) is 3.30. The van der Waals surface area contributed by atoms with Gasteiger partial charge in [-0.25, -0.2) is 9.59 Å². The molecule has 4 rings (SSSR count). The average molecular weight is 459 g/mol. The first-order valence-electron chi connectivity index (χ1n) is 11.0. The van der Waals surface area contributed by atoms with Crippen LogP contribution in [0.25, 0.3) is 11.1 Å². The Morgan fingerprint density at radius 1 is 0.882 bits per heavy atom. The molecule has 0 heterocycles. The smallest absolute Gasteiger partial charge is 0.407 e. The lowest BCUT2D eigenvalue weighted by Crippen LogP contribution is -2.49. The third-order valence-electron chi connectivity index (χ3n) is 5.96. The Kier molecular flexibility index (Phi) is 6.36. The summed E-state index contributed by atoms with van der Waals surface area (Å²) >= 11 is 0. The molecule has 0 atom stereocenters. The Morgan fingerprint density at radius 3 is 2.00 bits per heavy atom. The molecule has 0 spiro atoms. The molecule has 0 aliphatic heterocycles. The molecule has 174 valence electrons. The minimum Gasteiger partial charge on any atom is -0.480 e. The third-order valence-corrected chi connectivity index (χ3v) is 5.96. The summed E-state index contributed by atoms with van der Waals surface area (Å²) in [5.74, 6) is -1.61. The molecular formula is C27H26N2O5. The molecule has 1 aliphatic rings. The second-order valence-corrected chi connectivity index (χ2v) is 8.76. The lowest BCUT2D eigenvalue weighted by atomic mass is 9.98. The van der Waals surface area contributed by atoms with Gasteiger partial charge in [0, 0.05) is 18.0 Å². The van der Waals surface area contributed by atoms with E-state index in [1.54, 1.807) is 24.3 Å². The molecule has 0 saturated carbocycles. The van der Waals surface area contributed by atoms with Crippen LogP contribution in [-0.2, 0) is 16.1 Å². The van der Waals surface area contributed by atoms with Crippen molar-refractivity contribution in [1.29, 1.82) is 0 Å². The standard InChI is InChI=1S/C27H26N2O5/c1-27(2,25(31)32)29-24(30)18-13-11-17(12-14-18)15-28-26(33)34-16-23-21-9-5-3-7-19(21)20-8-4-6-10-22(20)23/h3-14,23H,15-16H2,1-2H3,(H,28,33)(H,29,30)(H,31,32). The third kappa shape index (κ3) is 4.78. The van der Waals surface area contributed by atoms with Crippen LogP contribution in [0.1, 0.15) is 46.8 Å². The fourth-order valence-corrected chi connectivity index (χ4v) is 4.01. The Morgan fingerprint density at radius 2 is 1.44 bits per heavy atom. The number of carbonyl (C=O) groups is 3. The molecular weight excluding hydrogens is 432 g/mol. The van der Waals surface area contributed by atoms with E-state index in [0.29, 0.717) is 5.56 Å². The van der Waals surface area contributed by atoms with Crippen LogP contribution in [0.4, 0.5) is 4.79 Å². The number of hydrogen-bond acceptors (Lipinski definition) is 4. The van der Waals surface area contributed by atoms with Crippen molar-refractivity contribution in [2.24, 2.45) is 0 Å². The van der Waals surface area contributed by atoms with Crippen LogP contribution in [0.2, 0.25) is 0 Å². The molecule has 0 radical (unpaired) electrons. The zero-order valence-electron chi connectivity index (χ0n) is 19.0. The quantitative estimate of drug-likeness (QED) is 0.489. The van der Waals surface area contributed by atoms with Crippen molar-refractivity contribution in [2.45, 2.75) is 31.8 Å². The summed E-state index contributed by atoms with van der Waals surface area (Å²) < 4.78 is 5.53. The first-order valence-corrected chi connectivity index (χ1v) is 11.0. The number of ether oxygens (including phenoxy) is 1. The van der Waals surface area contributed by atoms with Crippen LogP contribution >= 0.6 is 0 Å². The summed E-state index contributed by atoms with van der Waals surface area (Å²) in [6, 6.07) is 22.9. The van der Waals surface area contributed by atoms with Crippen molar-refractivity contribution >= 4 is 18.0 Å². The summed E-state index contributed by atoms with van der Waals surface area (Å²) in [5, 5.41) is 14.4. The molecule has 3 aromatic carbocycles. The van der Waals surface area contributed by atoms with Gasteiger partial charge in [-0.15, -0.1) is 0 Å². The molecule has 2 amide bonds. The molecule has 0 fully saturated rings. The van der Waals surface area contributed by atoms with Gasteiger partial charge in [0.1, 0.15) is 12.1 Å². The highest BCUT2D eigenvalue weighted by atomic mass is 16.5. The van der Waals surface area contributed by atoms with Gasteiger partial charge in [0.2, 0.25) is 0 Å². The maximum atomic E-state index is 12.3. The lowest BCUT2D eigenvalue weighted by Gasteiger charge is -2.21. The van der Waals surface area contributed by atoms with Crippen molar-refractivity contribution in [2.75, 3.05) is 6.61 Å². The van der Waals surface area contributed by atoms with E-state index in [9.17, 15) is 14.4 Å². The highest BCUT2D eigenvalue weighted by Crippen LogP contribution is 2.44. The SMILES string of the molecule is CC(C)(NC(=O)c1ccc(CNC(=O)OCC2c3ccccc3-c3ccccc32)cc1)C(=O)O. The van der Waals surface area contributed by atoms with Gasteiger partial charge in [-0.2, -0.15) is 0 Å². The summed E-state index contributed by atoms with van der Waals surface area (Å²) in [7, 11) is 0. The van der Waals surface area contributed by atoms with E-state index in [1.807, 2.05) is 24.3 Å². The van der Waals surface area contributed by atoms with Gasteiger partial charge in [0.15, 0.2) is 0 Å². The van der Waals surface area contributed by atoms with Gasteiger partial charge in [-0.1, -0.05) is 60.7 Å². The topological polar surface area (TPSA) is 105 Å². The van der Waals surface area contributed by atoms with Crippen molar-refractivity contribution < 1.29 is 24.2 Å². The van der Waals surface area contributed by atoms with Crippen LogP contribution in [0, 0.1) is 0 Å². The number of nitrogens with one attached hydrogen (secondary N) is 2. The van der Waals surface area contributed by atoms with Crippen molar-refractivity contribution in [3.05, 3.63) is 95.1 Å². The monoisotopic (exact) mass is 458 g/mol. The molecule has 0 aromatic heterocycles. The highest BCUT2D eigenvalue weighted by Gasteiger charge is 2.30. The van der Waals surface area contributed by atoms with Crippen LogP contribution < -0.4 is 10.6 Å². The maximum absolute atomic E-state index is 12.3. The van der Waals surface area contributed by atoms with Gasteiger partial charge in [0.25, 0.3) is 5.91 Å². The number of carbonyl (C=O) groups excluding carboxylic acids is 2. The maximum Gasteiger partial charge on any atom is 0.407 e. The number of carboxylic acid groups (broad SMARTS) is 1. The molecule has 7 nitrogen and oxygen atoms in total. The molecule has 3 N–H and O–H groups in total. The second kappa shape index (κ2) is 9.39. The highest BCUT2D eigenvalue weighted by molar-refractivity contribution is 5.97. The predicted octanol–water partition coefficient (Wildman–Crippen LogP) is 4.32. The minimum absolute atomic E-state index is 0.00833. The normalized spacial score (nSPS) is 12.4. The van der Waals surface area contributed by atoms with E-state index < -0.39 is 23.5 Å². The second-order valence-electron chi connectivity index (χ2n) is 8.76. The molecule has 0 bridgehead atoms. The van der Waals surface area contributed by atoms with Crippen LogP contribution in [0.5, 0.6) is 0 Å². The Labute approximate surface area is 197 Å². The first kappa shape index (κ1) is 23.0. The largest absolute Gasteiger partial charge is 0.480 e. The number of benzene rings is 3. The van der Waals surface area contributed by atoms with E-state index in [2.05, 4.69) is 34.9 Å². The summed E-state index contributed by atoms with van der Waals surface area (Å²) in [6.07, 6.45) is -0.521.